The molecule has 3 aromatic rings. The van der Waals surface area contributed by atoms with Crippen molar-refractivity contribution in [2.75, 3.05) is 4.90 Å². The van der Waals surface area contributed by atoms with E-state index in [1.807, 2.05) is 37.3 Å². The van der Waals surface area contributed by atoms with Gasteiger partial charge < -0.3 is 5.11 Å². The number of Topliss-reactive ketones (excluding diaryl/α,β-unsaturated/α-hetero) is 1. The van der Waals surface area contributed by atoms with E-state index in [2.05, 4.69) is 9.98 Å². The van der Waals surface area contributed by atoms with Crippen LogP contribution < -0.4 is 4.90 Å². The summed E-state index contributed by atoms with van der Waals surface area (Å²) in [6, 6.07) is 16.2. The first-order valence-corrected chi connectivity index (χ1v) is 8.73. The van der Waals surface area contributed by atoms with Crippen LogP contribution in [-0.4, -0.2) is 33.6 Å². The molecule has 2 aliphatic rings. The van der Waals surface area contributed by atoms with E-state index in [4.69, 9.17) is 0 Å². The van der Waals surface area contributed by atoms with Crippen LogP contribution in [0.25, 0.3) is 10.9 Å². The van der Waals surface area contributed by atoms with E-state index in [0.29, 0.717) is 22.6 Å². The van der Waals surface area contributed by atoms with Crippen molar-refractivity contribution in [3.05, 3.63) is 65.7 Å². The second-order valence-corrected chi connectivity index (χ2v) is 7.02. The summed E-state index contributed by atoms with van der Waals surface area (Å²) >= 11 is 0. The van der Waals surface area contributed by atoms with Gasteiger partial charge >= 0.3 is 0 Å². The second-order valence-electron chi connectivity index (χ2n) is 7.02. The quantitative estimate of drug-likeness (QED) is 0.671. The van der Waals surface area contributed by atoms with Gasteiger partial charge in [-0.25, -0.2) is 14.4 Å². The first-order valence-electron chi connectivity index (χ1n) is 8.73. The van der Waals surface area contributed by atoms with Crippen molar-refractivity contribution >= 4 is 34.0 Å². The molecule has 134 valence electrons. The Labute approximate surface area is 154 Å². The van der Waals surface area contributed by atoms with E-state index in [9.17, 15) is 14.3 Å². The third kappa shape index (κ3) is 2.23. The van der Waals surface area contributed by atoms with Crippen LogP contribution in [0.3, 0.4) is 0 Å². The number of aliphatic hydroxyl groups is 1. The zero-order chi connectivity index (χ0) is 18.8. The number of aliphatic imine (C=N–C) groups is 1. The molecule has 27 heavy (non-hydrogen) atoms. The lowest BCUT2D eigenvalue weighted by Gasteiger charge is -2.29. The largest absolute Gasteiger partial charge is 0.374 e. The average molecular weight is 361 g/mol. The Morgan fingerprint density at radius 2 is 2.00 bits per heavy atom. The van der Waals surface area contributed by atoms with Crippen LogP contribution in [0.15, 0.2) is 59.6 Å². The predicted molar refractivity (Wildman–Crippen MR) is 101 cm³/mol. The van der Waals surface area contributed by atoms with Crippen molar-refractivity contribution < 1.29 is 14.3 Å². The molecular weight excluding hydrogens is 345 g/mol. The molecule has 1 aromatic heterocycles. The molecule has 0 spiro atoms. The van der Waals surface area contributed by atoms with Crippen LogP contribution >= 0.6 is 0 Å². The normalized spacial score (nSPS) is 24.0. The lowest BCUT2D eigenvalue weighted by Crippen LogP contribution is -2.49. The number of alkyl halides is 1. The maximum absolute atomic E-state index is 15.0. The number of benzene rings is 2. The highest BCUT2D eigenvalue weighted by atomic mass is 19.1. The van der Waals surface area contributed by atoms with E-state index in [0.717, 1.165) is 10.9 Å². The van der Waals surface area contributed by atoms with E-state index >= 15 is 0 Å². The molecule has 0 amide bonds. The Hall–Kier alpha value is -3.12. The topological polar surface area (TPSA) is 65.8 Å². The van der Waals surface area contributed by atoms with Gasteiger partial charge in [-0.05, 0) is 42.8 Å². The fourth-order valence-corrected chi connectivity index (χ4v) is 3.80. The van der Waals surface area contributed by atoms with Gasteiger partial charge in [0.15, 0.2) is 17.7 Å². The average Bonchev–Trinajstić information content (AvgIpc) is 2.92. The van der Waals surface area contributed by atoms with Gasteiger partial charge in [-0.2, -0.15) is 0 Å². The number of anilines is 1. The minimum Gasteiger partial charge on any atom is -0.374 e. The minimum absolute atomic E-state index is 0.000816. The standard InChI is InChI=1S/C21H16FN3O2/c1-12-6-8-14-16(10-12)24-20-21(27,19(14)26)11-17(22)25(20)18-9-7-13-4-2-3-5-15(13)23-18/h2-10,17,27H,11H2,1H3/t17-,21?/m1/s1. The van der Waals surface area contributed by atoms with Crippen molar-refractivity contribution in [1.82, 2.24) is 4.98 Å². The number of rotatable bonds is 1. The van der Waals surface area contributed by atoms with Crippen molar-refractivity contribution in [3.63, 3.8) is 0 Å². The van der Waals surface area contributed by atoms with Gasteiger partial charge in [-0.1, -0.05) is 24.3 Å². The summed E-state index contributed by atoms with van der Waals surface area (Å²) in [5.41, 5.74) is 0.416. The molecule has 0 bridgehead atoms. The number of aromatic nitrogens is 1. The van der Waals surface area contributed by atoms with Crippen LogP contribution in [-0.2, 0) is 0 Å². The van der Waals surface area contributed by atoms with E-state index in [1.54, 1.807) is 24.3 Å². The number of amidine groups is 1. The lowest BCUT2D eigenvalue weighted by atomic mass is 9.87. The summed E-state index contributed by atoms with van der Waals surface area (Å²) in [4.78, 5) is 23.1. The Morgan fingerprint density at radius 1 is 1.19 bits per heavy atom. The SMILES string of the molecule is Cc1ccc2c(c1)N=C1N(c3ccc4ccccc4n3)[C@@H](F)CC1(O)C2=O. The maximum Gasteiger partial charge on any atom is 0.204 e. The summed E-state index contributed by atoms with van der Waals surface area (Å²) in [7, 11) is 0. The highest BCUT2D eigenvalue weighted by molar-refractivity contribution is 6.28. The summed E-state index contributed by atoms with van der Waals surface area (Å²) in [6.45, 7) is 1.89. The molecule has 2 aliphatic heterocycles. The van der Waals surface area contributed by atoms with Gasteiger partial charge in [0, 0.05) is 17.4 Å². The van der Waals surface area contributed by atoms with Crippen LogP contribution in [0.4, 0.5) is 15.9 Å². The molecule has 1 saturated heterocycles. The number of hydrogen-bond donors (Lipinski definition) is 1. The van der Waals surface area contributed by atoms with Crippen molar-refractivity contribution in [1.29, 1.82) is 0 Å². The second kappa shape index (κ2) is 5.44. The summed E-state index contributed by atoms with van der Waals surface area (Å²) in [6.07, 6.45) is -1.96. The molecule has 1 N–H and O–H groups in total. The number of pyridine rings is 1. The first-order chi connectivity index (χ1) is 13.0. The number of aryl methyl sites for hydroxylation is 1. The van der Waals surface area contributed by atoms with Crippen molar-refractivity contribution in [2.45, 2.75) is 25.2 Å². The number of nitrogens with zero attached hydrogens (tertiary/aromatic N) is 3. The molecule has 2 aromatic carbocycles. The Morgan fingerprint density at radius 3 is 2.85 bits per heavy atom. The smallest absolute Gasteiger partial charge is 0.204 e. The number of halogens is 1. The zero-order valence-corrected chi connectivity index (χ0v) is 14.6. The summed E-state index contributed by atoms with van der Waals surface area (Å²) in [5.74, 6) is -0.200. The van der Waals surface area contributed by atoms with Crippen molar-refractivity contribution in [2.24, 2.45) is 4.99 Å². The molecule has 0 saturated carbocycles. The third-order valence-corrected chi connectivity index (χ3v) is 5.17. The number of carbonyl (C=O) groups is 1. The number of fused-ring (bicyclic) bond motifs is 3. The van der Waals surface area contributed by atoms with Gasteiger partial charge in [-0.15, -0.1) is 0 Å². The van der Waals surface area contributed by atoms with E-state index < -0.39 is 17.7 Å². The Kier molecular flexibility index (Phi) is 3.24. The molecular formula is C21H16FN3O2. The highest BCUT2D eigenvalue weighted by Crippen LogP contribution is 2.42. The van der Waals surface area contributed by atoms with Gasteiger partial charge in [0.25, 0.3) is 0 Å². The molecule has 2 atom stereocenters. The molecule has 1 fully saturated rings. The van der Waals surface area contributed by atoms with Crippen LogP contribution in [0, 0.1) is 6.92 Å². The minimum atomic E-state index is -1.98. The molecule has 0 aliphatic carbocycles. The highest BCUT2D eigenvalue weighted by Gasteiger charge is 2.57. The van der Waals surface area contributed by atoms with E-state index in [-0.39, 0.29) is 12.3 Å². The molecule has 0 radical (unpaired) electrons. The number of hydrogen-bond acceptors (Lipinski definition) is 5. The summed E-state index contributed by atoms with van der Waals surface area (Å²) in [5, 5.41) is 11.9. The van der Waals surface area contributed by atoms with Crippen LogP contribution in [0.5, 0.6) is 0 Å². The Balaban J connectivity index is 1.70. The molecule has 5 rings (SSSR count). The van der Waals surface area contributed by atoms with Gasteiger partial charge in [0.1, 0.15) is 5.82 Å². The molecule has 6 heteroatoms. The van der Waals surface area contributed by atoms with Crippen LogP contribution in [0.2, 0.25) is 0 Å². The first kappa shape index (κ1) is 16.1. The fraction of sp³-hybridized carbons (Fsp3) is 0.190. The predicted octanol–water partition coefficient (Wildman–Crippen LogP) is 3.71. The van der Waals surface area contributed by atoms with Crippen LogP contribution in [0.1, 0.15) is 22.3 Å². The van der Waals surface area contributed by atoms with E-state index in [1.165, 1.54) is 4.90 Å². The Bertz CT molecular complexity index is 1140. The third-order valence-electron chi connectivity index (χ3n) is 5.17. The maximum atomic E-state index is 15.0. The van der Waals surface area contributed by atoms with Crippen molar-refractivity contribution in [3.8, 4) is 0 Å². The molecule has 5 nitrogen and oxygen atoms in total. The molecule has 3 heterocycles. The van der Waals surface area contributed by atoms with Gasteiger partial charge in [-0.3, -0.25) is 9.69 Å². The number of ketones is 1. The number of carbonyl (C=O) groups excluding carboxylic acids is 1. The number of para-hydroxylation sites is 1. The monoisotopic (exact) mass is 361 g/mol. The zero-order valence-electron chi connectivity index (χ0n) is 14.6. The fourth-order valence-electron chi connectivity index (χ4n) is 3.80. The summed E-state index contributed by atoms with van der Waals surface area (Å²) < 4.78 is 15.0. The van der Waals surface area contributed by atoms with Gasteiger partial charge in [0.2, 0.25) is 5.78 Å². The molecule has 1 unspecified atom stereocenters. The lowest BCUT2D eigenvalue weighted by molar-refractivity contribution is 0.0549. The van der Waals surface area contributed by atoms with Gasteiger partial charge in [0.05, 0.1) is 11.2 Å².